The van der Waals surface area contributed by atoms with Gasteiger partial charge in [0.05, 0.1) is 6.07 Å². The van der Waals surface area contributed by atoms with Crippen LogP contribution in [-0.2, 0) is 12.8 Å². The highest BCUT2D eigenvalue weighted by Crippen LogP contribution is 2.43. The standard InChI is InChI=1S/C34H51N/c1-2-3-7-12-29-16-18-30(19-17-29)14-9-10-15-32-22-26-34(27-23-32)33-24-20-31(21-25-33)13-8-5-4-6-11-28-35/h4-6,11,16-19,31-34H,2-3,7-10,12-15,20-27H2,1H3/b5-4+,11-6+/t31?,32-,33?,34-. The fraction of sp³-hybridized carbons (Fsp3) is 0.676. The van der Waals surface area contributed by atoms with Crippen molar-refractivity contribution in [2.24, 2.45) is 23.7 Å². The Kier molecular flexibility index (Phi) is 13.3. The van der Waals surface area contributed by atoms with Crippen molar-refractivity contribution in [3.63, 3.8) is 0 Å². The zero-order valence-corrected chi connectivity index (χ0v) is 22.6. The van der Waals surface area contributed by atoms with Crippen LogP contribution in [0.4, 0.5) is 0 Å². The van der Waals surface area contributed by atoms with Crippen LogP contribution in [0.2, 0.25) is 0 Å². The third-order valence-corrected chi connectivity index (χ3v) is 9.03. The molecule has 2 aliphatic rings. The van der Waals surface area contributed by atoms with Crippen molar-refractivity contribution in [3.05, 3.63) is 59.7 Å². The Morgan fingerprint density at radius 2 is 1.26 bits per heavy atom. The normalized spacial score (nSPS) is 25.3. The number of aryl methyl sites for hydroxylation is 2. The Bertz CT molecular complexity index is 764. The predicted octanol–water partition coefficient (Wildman–Crippen LogP) is 10.2. The number of hydrogen-bond acceptors (Lipinski definition) is 1. The molecule has 2 fully saturated rings. The highest BCUT2D eigenvalue weighted by molar-refractivity contribution is 5.22. The van der Waals surface area contributed by atoms with E-state index >= 15 is 0 Å². The van der Waals surface area contributed by atoms with Crippen molar-refractivity contribution in [2.75, 3.05) is 0 Å². The molecule has 1 aromatic rings. The van der Waals surface area contributed by atoms with Crippen LogP contribution in [0, 0.1) is 35.0 Å². The summed E-state index contributed by atoms with van der Waals surface area (Å²) in [7, 11) is 0. The molecule has 0 heterocycles. The molecule has 0 amide bonds. The lowest BCUT2D eigenvalue weighted by molar-refractivity contribution is 0.140. The molecule has 0 atom stereocenters. The van der Waals surface area contributed by atoms with E-state index in [0.717, 1.165) is 23.7 Å². The van der Waals surface area contributed by atoms with E-state index in [-0.39, 0.29) is 0 Å². The summed E-state index contributed by atoms with van der Waals surface area (Å²) in [5.74, 6) is 3.99. The number of hydrogen-bond donors (Lipinski definition) is 0. The van der Waals surface area contributed by atoms with Crippen LogP contribution in [-0.4, -0.2) is 0 Å². The van der Waals surface area contributed by atoms with Gasteiger partial charge >= 0.3 is 0 Å². The van der Waals surface area contributed by atoms with Gasteiger partial charge in [0.15, 0.2) is 0 Å². The zero-order chi connectivity index (χ0) is 24.6. The summed E-state index contributed by atoms with van der Waals surface area (Å²) in [6.45, 7) is 2.28. The molecule has 0 N–H and O–H groups in total. The van der Waals surface area contributed by atoms with Crippen LogP contribution in [0.25, 0.3) is 0 Å². The molecule has 0 saturated heterocycles. The van der Waals surface area contributed by atoms with E-state index in [1.54, 1.807) is 6.08 Å². The van der Waals surface area contributed by atoms with Gasteiger partial charge in [-0.15, -0.1) is 0 Å². The Morgan fingerprint density at radius 1 is 0.714 bits per heavy atom. The lowest BCUT2D eigenvalue weighted by Gasteiger charge is -2.38. The van der Waals surface area contributed by atoms with Crippen molar-refractivity contribution in [3.8, 4) is 6.07 Å². The summed E-state index contributed by atoms with van der Waals surface area (Å²) in [6, 6.07) is 11.5. The number of unbranched alkanes of at least 4 members (excludes halogenated alkanes) is 3. The third-order valence-electron chi connectivity index (χ3n) is 9.03. The predicted molar refractivity (Wildman–Crippen MR) is 151 cm³/mol. The molecule has 192 valence electrons. The summed E-state index contributed by atoms with van der Waals surface area (Å²) in [5.41, 5.74) is 3.06. The van der Waals surface area contributed by atoms with Gasteiger partial charge in [0.2, 0.25) is 0 Å². The van der Waals surface area contributed by atoms with Gasteiger partial charge in [-0.1, -0.05) is 101 Å². The minimum atomic E-state index is 0.935. The Balaban J connectivity index is 1.22. The van der Waals surface area contributed by atoms with E-state index in [4.69, 9.17) is 5.26 Å². The first kappa shape index (κ1) is 27.8. The maximum Gasteiger partial charge on any atom is 0.0912 e. The molecular formula is C34H51N. The molecule has 1 aromatic carbocycles. The molecule has 0 radical (unpaired) electrons. The van der Waals surface area contributed by atoms with Crippen LogP contribution in [0.15, 0.2) is 48.6 Å². The molecule has 0 unspecified atom stereocenters. The molecule has 35 heavy (non-hydrogen) atoms. The first-order chi connectivity index (χ1) is 17.3. The summed E-state index contributed by atoms with van der Waals surface area (Å²) in [4.78, 5) is 0. The number of nitriles is 1. The van der Waals surface area contributed by atoms with E-state index in [2.05, 4.69) is 37.3 Å². The van der Waals surface area contributed by atoms with E-state index in [1.807, 2.05) is 18.2 Å². The highest BCUT2D eigenvalue weighted by atomic mass is 14.4. The second-order valence-corrected chi connectivity index (χ2v) is 11.6. The zero-order valence-electron chi connectivity index (χ0n) is 22.6. The van der Waals surface area contributed by atoms with E-state index in [9.17, 15) is 0 Å². The molecule has 0 aromatic heterocycles. The largest absolute Gasteiger partial charge is 0.193 e. The first-order valence-electron chi connectivity index (χ1n) is 15.1. The second-order valence-electron chi connectivity index (χ2n) is 11.6. The van der Waals surface area contributed by atoms with Gasteiger partial charge in [-0.05, 0) is 99.0 Å². The molecule has 2 saturated carbocycles. The summed E-state index contributed by atoms with van der Waals surface area (Å²) in [5, 5.41) is 8.52. The number of rotatable bonds is 14. The van der Waals surface area contributed by atoms with Gasteiger partial charge in [0.1, 0.15) is 0 Å². The number of allylic oxidation sites excluding steroid dienone is 4. The molecule has 1 nitrogen and oxygen atoms in total. The Morgan fingerprint density at radius 3 is 1.80 bits per heavy atom. The monoisotopic (exact) mass is 473 g/mol. The maximum absolute atomic E-state index is 8.52. The number of nitrogens with zero attached hydrogens (tertiary/aromatic N) is 1. The van der Waals surface area contributed by atoms with E-state index in [0.29, 0.717) is 0 Å². The Labute approximate surface area is 217 Å². The van der Waals surface area contributed by atoms with E-state index < -0.39 is 0 Å². The first-order valence-corrected chi connectivity index (χ1v) is 15.1. The average molecular weight is 474 g/mol. The number of benzene rings is 1. The van der Waals surface area contributed by atoms with Gasteiger partial charge < -0.3 is 0 Å². The van der Waals surface area contributed by atoms with Crippen molar-refractivity contribution in [2.45, 2.75) is 122 Å². The SMILES string of the molecule is CCCCCc1ccc(CCCC[C@H]2CC[C@H](C3CCC(CC/C=C/C=C/C#N)CC3)CC2)cc1. The Hall–Kier alpha value is -1.81. The minimum absolute atomic E-state index is 0.935. The summed E-state index contributed by atoms with van der Waals surface area (Å²) in [6.07, 6.45) is 32.8. The molecule has 2 aliphatic carbocycles. The summed E-state index contributed by atoms with van der Waals surface area (Å²) >= 11 is 0. The van der Waals surface area contributed by atoms with Gasteiger partial charge in [-0.2, -0.15) is 5.26 Å². The van der Waals surface area contributed by atoms with Gasteiger partial charge in [0.25, 0.3) is 0 Å². The van der Waals surface area contributed by atoms with Crippen LogP contribution >= 0.6 is 0 Å². The molecule has 0 aliphatic heterocycles. The van der Waals surface area contributed by atoms with Crippen molar-refractivity contribution in [1.29, 1.82) is 5.26 Å². The lowest BCUT2D eigenvalue weighted by Crippen LogP contribution is -2.25. The average Bonchev–Trinajstić information content (AvgIpc) is 2.90. The van der Waals surface area contributed by atoms with Crippen molar-refractivity contribution in [1.82, 2.24) is 0 Å². The van der Waals surface area contributed by atoms with Crippen LogP contribution in [0.5, 0.6) is 0 Å². The summed E-state index contributed by atoms with van der Waals surface area (Å²) < 4.78 is 0. The van der Waals surface area contributed by atoms with Crippen molar-refractivity contribution >= 4 is 0 Å². The van der Waals surface area contributed by atoms with Crippen LogP contribution < -0.4 is 0 Å². The molecule has 0 spiro atoms. The highest BCUT2D eigenvalue weighted by Gasteiger charge is 2.30. The third kappa shape index (κ3) is 10.8. The topological polar surface area (TPSA) is 23.8 Å². The molecule has 0 bridgehead atoms. The second kappa shape index (κ2) is 16.8. The van der Waals surface area contributed by atoms with Crippen molar-refractivity contribution < 1.29 is 0 Å². The maximum atomic E-state index is 8.52. The quantitative estimate of drug-likeness (QED) is 0.150. The van der Waals surface area contributed by atoms with Crippen LogP contribution in [0.1, 0.15) is 121 Å². The van der Waals surface area contributed by atoms with Gasteiger partial charge in [-0.3, -0.25) is 0 Å². The molecule has 1 heteroatoms. The van der Waals surface area contributed by atoms with Gasteiger partial charge in [-0.25, -0.2) is 0 Å². The fourth-order valence-corrected chi connectivity index (χ4v) is 6.72. The smallest absolute Gasteiger partial charge is 0.0912 e. The minimum Gasteiger partial charge on any atom is -0.193 e. The molecular weight excluding hydrogens is 422 g/mol. The van der Waals surface area contributed by atoms with Gasteiger partial charge in [0, 0.05) is 6.08 Å². The molecule has 3 rings (SSSR count). The fourth-order valence-electron chi connectivity index (χ4n) is 6.72. The van der Waals surface area contributed by atoms with E-state index in [1.165, 1.54) is 127 Å². The lowest BCUT2D eigenvalue weighted by atomic mass is 9.68. The van der Waals surface area contributed by atoms with Crippen LogP contribution in [0.3, 0.4) is 0 Å².